The summed E-state index contributed by atoms with van der Waals surface area (Å²) >= 11 is 0. The molecule has 0 unspecified atom stereocenters. The van der Waals surface area contributed by atoms with Crippen LogP contribution < -0.4 is 9.80 Å². The fourth-order valence-corrected chi connectivity index (χ4v) is 9.31. The molecule has 4 heteroatoms. The van der Waals surface area contributed by atoms with Crippen LogP contribution in [0.15, 0.2) is 146 Å². The van der Waals surface area contributed by atoms with Crippen LogP contribution in [0.1, 0.15) is 61.1 Å². The molecule has 9 rings (SSSR count). The molecule has 266 valence electrons. The number of aryl methyl sites for hydroxylation is 2. The number of rotatable bonds is 6. The first kappa shape index (κ1) is 33.8. The van der Waals surface area contributed by atoms with E-state index in [9.17, 15) is 8.78 Å². The highest BCUT2D eigenvalue weighted by Crippen LogP contribution is 2.61. The Hall–Kier alpha value is -6.00. The molecule has 0 spiro atoms. The summed E-state index contributed by atoms with van der Waals surface area (Å²) in [5.74, 6) is -0.506. The van der Waals surface area contributed by atoms with E-state index in [1.165, 1.54) is 79.9 Å². The average molecular weight is 709 g/mol. The van der Waals surface area contributed by atoms with Gasteiger partial charge in [-0.15, -0.1) is 0 Å². The second kappa shape index (κ2) is 12.3. The summed E-state index contributed by atoms with van der Waals surface area (Å²) in [6.07, 6.45) is 0. The molecule has 7 aromatic rings. The molecule has 0 atom stereocenters. The predicted molar refractivity (Wildman–Crippen MR) is 220 cm³/mol. The molecule has 2 nitrogen and oxygen atoms in total. The van der Waals surface area contributed by atoms with Gasteiger partial charge in [-0.25, -0.2) is 8.78 Å². The van der Waals surface area contributed by atoms with Crippen molar-refractivity contribution in [3.63, 3.8) is 0 Å². The Morgan fingerprint density at radius 2 is 0.722 bits per heavy atom. The van der Waals surface area contributed by atoms with Crippen molar-refractivity contribution in [3.8, 4) is 22.3 Å². The van der Waals surface area contributed by atoms with Gasteiger partial charge in [0.15, 0.2) is 0 Å². The maximum atomic E-state index is 14.1. The van der Waals surface area contributed by atoms with Gasteiger partial charge in [-0.3, -0.25) is 0 Å². The van der Waals surface area contributed by atoms with Gasteiger partial charge in [0.1, 0.15) is 11.6 Å². The van der Waals surface area contributed by atoms with Crippen LogP contribution in [-0.2, 0) is 10.8 Å². The van der Waals surface area contributed by atoms with Crippen molar-refractivity contribution in [1.29, 1.82) is 0 Å². The molecule has 0 fully saturated rings. The van der Waals surface area contributed by atoms with Crippen LogP contribution in [-0.4, -0.2) is 0 Å². The number of nitrogens with zero attached hydrogens (tertiary/aromatic N) is 2. The zero-order valence-corrected chi connectivity index (χ0v) is 31.5. The van der Waals surface area contributed by atoms with E-state index in [4.69, 9.17) is 0 Å². The Labute approximate surface area is 317 Å². The minimum atomic E-state index is -0.303. The Morgan fingerprint density at radius 1 is 0.389 bits per heavy atom. The summed E-state index contributed by atoms with van der Waals surface area (Å²) in [6, 6.07) is 48.1. The standard InChI is InChI=1S/C50H42F2N2/c1-31-27-39(53(35-13-9-7-10-14-35)37-21-17-33(51)18-22-37)29-43-45(31)41-25-26-42-46-32(2)28-40(30-44(46)50(5,6)48(42)47(41)49(43,3)4)54(36-15-11-8-12-16-36)38-23-19-34(52)20-24-38/h7-30H,1-6H3. The summed E-state index contributed by atoms with van der Waals surface area (Å²) in [5, 5.41) is 0. The minimum absolute atomic E-state index is 0.253. The van der Waals surface area contributed by atoms with Crippen LogP contribution >= 0.6 is 0 Å². The van der Waals surface area contributed by atoms with E-state index < -0.39 is 0 Å². The number of fused-ring (bicyclic) bond motifs is 7. The first-order chi connectivity index (χ1) is 25.9. The highest BCUT2D eigenvalue weighted by Gasteiger charge is 2.47. The molecule has 0 aromatic heterocycles. The summed E-state index contributed by atoms with van der Waals surface area (Å²) in [4.78, 5) is 4.45. The van der Waals surface area contributed by atoms with Crippen molar-refractivity contribution in [2.45, 2.75) is 52.4 Å². The van der Waals surface area contributed by atoms with Crippen LogP contribution in [0, 0.1) is 25.5 Å². The van der Waals surface area contributed by atoms with Crippen LogP contribution in [0.25, 0.3) is 22.3 Å². The summed E-state index contributed by atoms with van der Waals surface area (Å²) in [7, 11) is 0. The molecule has 0 N–H and O–H groups in total. The Balaban J connectivity index is 1.20. The SMILES string of the molecule is Cc1cc(N(c2ccccc2)c2ccc(F)cc2)cc2c1-c1ccc3c(c1C2(C)C)C(C)(C)c1cc(N(c2ccccc2)c2ccc(F)cc2)cc(C)c1-3. The summed E-state index contributed by atoms with van der Waals surface area (Å²) < 4.78 is 28.3. The van der Waals surface area contributed by atoms with Crippen molar-refractivity contribution in [2.24, 2.45) is 0 Å². The highest BCUT2D eigenvalue weighted by atomic mass is 19.1. The lowest BCUT2D eigenvalue weighted by molar-refractivity contribution is 0.601. The van der Waals surface area contributed by atoms with Crippen molar-refractivity contribution >= 4 is 34.1 Å². The molecule has 2 aliphatic rings. The maximum Gasteiger partial charge on any atom is 0.123 e. The first-order valence-electron chi connectivity index (χ1n) is 18.7. The number of halogens is 2. The first-order valence-corrected chi connectivity index (χ1v) is 18.7. The van der Waals surface area contributed by atoms with E-state index in [1.54, 1.807) is 0 Å². The van der Waals surface area contributed by atoms with E-state index in [-0.39, 0.29) is 22.5 Å². The topological polar surface area (TPSA) is 6.48 Å². The van der Waals surface area contributed by atoms with Gasteiger partial charge in [0.2, 0.25) is 0 Å². The fraction of sp³-hybridized carbons (Fsp3) is 0.160. The van der Waals surface area contributed by atoms with Crippen molar-refractivity contribution in [1.82, 2.24) is 0 Å². The number of para-hydroxylation sites is 2. The molecule has 0 saturated heterocycles. The van der Waals surface area contributed by atoms with E-state index in [0.29, 0.717) is 0 Å². The van der Waals surface area contributed by atoms with E-state index in [0.717, 1.165) is 34.1 Å². The van der Waals surface area contributed by atoms with Crippen LogP contribution in [0.5, 0.6) is 0 Å². The van der Waals surface area contributed by atoms with Crippen molar-refractivity contribution in [2.75, 3.05) is 9.80 Å². The molecule has 0 bridgehead atoms. The Morgan fingerprint density at radius 3 is 1.07 bits per heavy atom. The van der Waals surface area contributed by atoms with Gasteiger partial charge in [-0.2, -0.15) is 0 Å². The largest absolute Gasteiger partial charge is 0.310 e. The molecule has 0 aliphatic heterocycles. The molecule has 0 radical (unpaired) electrons. The van der Waals surface area contributed by atoms with Crippen LogP contribution in [0.4, 0.5) is 42.9 Å². The van der Waals surface area contributed by atoms with Gasteiger partial charge < -0.3 is 9.80 Å². The monoisotopic (exact) mass is 708 g/mol. The maximum absolute atomic E-state index is 14.1. The third kappa shape index (κ3) is 5.11. The van der Waals surface area contributed by atoms with Gasteiger partial charge >= 0.3 is 0 Å². The van der Waals surface area contributed by atoms with Crippen molar-refractivity contribution in [3.05, 3.63) is 191 Å². The quantitative estimate of drug-likeness (QED) is 0.170. The number of hydrogen-bond acceptors (Lipinski definition) is 2. The third-order valence-corrected chi connectivity index (χ3v) is 11.7. The summed E-state index contributed by atoms with van der Waals surface area (Å²) in [5.41, 5.74) is 18.3. The normalized spacial score (nSPS) is 14.2. The zero-order valence-electron chi connectivity index (χ0n) is 31.5. The van der Waals surface area contributed by atoms with Gasteiger partial charge in [0.05, 0.1) is 0 Å². The van der Waals surface area contributed by atoms with Gasteiger partial charge in [0.25, 0.3) is 0 Å². The Kier molecular flexibility index (Phi) is 7.69. The van der Waals surface area contributed by atoms with E-state index >= 15 is 0 Å². The second-order valence-corrected chi connectivity index (χ2v) is 15.8. The summed E-state index contributed by atoms with van der Waals surface area (Å²) in [6.45, 7) is 13.9. The lowest BCUT2D eigenvalue weighted by Crippen LogP contribution is -2.24. The minimum Gasteiger partial charge on any atom is -0.310 e. The lowest BCUT2D eigenvalue weighted by atomic mass is 9.72. The van der Waals surface area contributed by atoms with Gasteiger partial charge in [0, 0.05) is 45.0 Å². The van der Waals surface area contributed by atoms with Crippen molar-refractivity contribution < 1.29 is 8.78 Å². The van der Waals surface area contributed by atoms with Gasteiger partial charge in [-0.05, 0) is 167 Å². The highest BCUT2D eigenvalue weighted by molar-refractivity contribution is 5.95. The molecule has 0 saturated carbocycles. The third-order valence-electron chi connectivity index (χ3n) is 11.7. The Bertz CT molecular complexity index is 2390. The average Bonchev–Trinajstić information content (AvgIpc) is 3.54. The van der Waals surface area contributed by atoms with Crippen LogP contribution in [0.2, 0.25) is 0 Å². The lowest BCUT2D eigenvalue weighted by Gasteiger charge is -2.32. The second-order valence-electron chi connectivity index (χ2n) is 15.8. The van der Waals surface area contributed by atoms with Crippen LogP contribution in [0.3, 0.4) is 0 Å². The van der Waals surface area contributed by atoms with Gasteiger partial charge in [-0.1, -0.05) is 76.2 Å². The molecule has 7 aromatic carbocycles. The number of hydrogen-bond donors (Lipinski definition) is 0. The fourth-order valence-electron chi connectivity index (χ4n) is 9.31. The number of anilines is 6. The molecule has 0 amide bonds. The zero-order chi connectivity index (χ0) is 37.5. The van der Waals surface area contributed by atoms with E-state index in [1.807, 2.05) is 60.7 Å². The molecular weight excluding hydrogens is 667 g/mol. The smallest absolute Gasteiger partial charge is 0.123 e. The van der Waals surface area contributed by atoms with E-state index in [2.05, 4.69) is 112 Å². The predicted octanol–water partition coefficient (Wildman–Crippen LogP) is 14.1. The molecule has 0 heterocycles. The molecule has 2 aliphatic carbocycles. The molecular formula is C50H42F2N2. The molecule has 54 heavy (non-hydrogen) atoms. The number of benzene rings is 7.